The van der Waals surface area contributed by atoms with Gasteiger partial charge in [0.25, 0.3) is 0 Å². The van der Waals surface area contributed by atoms with Crippen LogP contribution in [0, 0.1) is 17.2 Å². The van der Waals surface area contributed by atoms with Crippen molar-refractivity contribution in [3.8, 4) is 6.07 Å². The van der Waals surface area contributed by atoms with Crippen molar-refractivity contribution in [1.29, 1.82) is 5.26 Å². The first-order valence-electron chi connectivity index (χ1n) is 12.6. The number of hydrogen-bond acceptors (Lipinski definition) is 6. The number of nitriles is 1. The zero-order valence-electron chi connectivity index (χ0n) is 20.4. The van der Waals surface area contributed by atoms with Crippen LogP contribution in [0.25, 0.3) is 5.57 Å². The second-order valence-electron chi connectivity index (χ2n) is 10.0. The molecule has 8 heteroatoms. The van der Waals surface area contributed by atoms with Gasteiger partial charge in [-0.1, -0.05) is 12.7 Å². The Morgan fingerprint density at radius 1 is 1.26 bits per heavy atom. The van der Waals surface area contributed by atoms with Crippen LogP contribution in [-0.4, -0.2) is 79.1 Å². The second-order valence-corrected chi connectivity index (χ2v) is 10.0. The molecule has 0 bridgehead atoms. The van der Waals surface area contributed by atoms with Crippen molar-refractivity contribution in [2.45, 2.75) is 44.1 Å². The molecule has 0 radical (unpaired) electrons. The molecule has 3 heterocycles. The summed E-state index contributed by atoms with van der Waals surface area (Å²) in [5.74, 6) is 1.60. The molecule has 5 rings (SSSR count). The zero-order valence-corrected chi connectivity index (χ0v) is 20.4. The first kappa shape index (κ1) is 23.6. The van der Waals surface area contributed by atoms with Crippen molar-refractivity contribution >= 4 is 23.2 Å². The van der Waals surface area contributed by atoms with Gasteiger partial charge in [0.15, 0.2) is 0 Å². The van der Waals surface area contributed by atoms with E-state index in [1.54, 1.807) is 12.0 Å². The average molecular weight is 476 g/mol. The summed E-state index contributed by atoms with van der Waals surface area (Å²) in [6, 6.07) is 4.50. The monoisotopic (exact) mass is 475 g/mol. The molecule has 2 amide bonds. The van der Waals surface area contributed by atoms with Gasteiger partial charge in [0.05, 0.1) is 17.3 Å². The van der Waals surface area contributed by atoms with Gasteiger partial charge in [0.1, 0.15) is 18.5 Å². The van der Waals surface area contributed by atoms with Crippen molar-refractivity contribution in [2.75, 3.05) is 51.3 Å². The first-order chi connectivity index (χ1) is 17.0. The van der Waals surface area contributed by atoms with Crippen LogP contribution in [-0.2, 0) is 14.3 Å². The van der Waals surface area contributed by atoms with Gasteiger partial charge in [-0.3, -0.25) is 9.59 Å². The van der Waals surface area contributed by atoms with Crippen LogP contribution in [0.3, 0.4) is 0 Å². The van der Waals surface area contributed by atoms with Crippen LogP contribution in [0.4, 0.5) is 5.82 Å². The predicted molar refractivity (Wildman–Crippen MR) is 133 cm³/mol. The Labute approximate surface area is 206 Å². The smallest absolute Gasteiger partial charge is 0.248 e. The van der Waals surface area contributed by atoms with Crippen molar-refractivity contribution in [1.82, 2.24) is 14.8 Å². The standard InChI is InChI=1S/C27H33N5O3/c1-3-24(33)30-10-4-5-20(15-30)22-13-21(14-28)27(29-26(22)19-8-9-19)31-11-12-32(25(34)17-35-2)23(16-31)18-6-7-18/h3,5,13,18-19,23H,1,4,6-12,15-17H2,2H3/t23-/m0/s1. The molecule has 0 unspecified atom stereocenters. The Kier molecular flexibility index (Phi) is 6.61. The summed E-state index contributed by atoms with van der Waals surface area (Å²) in [7, 11) is 1.55. The zero-order chi connectivity index (χ0) is 24.5. The number of ether oxygens (including phenoxy) is 1. The highest BCUT2D eigenvalue weighted by Crippen LogP contribution is 2.45. The van der Waals surface area contributed by atoms with Crippen molar-refractivity contribution in [2.24, 2.45) is 5.92 Å². The Balaban J connectivity index is 1.45. The molecule has 8 nitrogen and oxygen atoms in total. The summed E-state index contributed by atoms with van der Waals surface area (Å²) in [6.45, 7) is 6.87. The lowest BCUT2D eigenvalue weighted by Gasteiger charge is -2.42. The van der Waals surface area contributed by atoms with Crippen LogP contribution in [0.15, 0.2) is 24.8 Å². The maximum Gasteiger partial charge on any atom is 0.248 e. The van der Waals surface area contributed by atoms with Gasteiger partial charge in [-0.2, -0.15) is 5.26 Å². The predicted octanol–water partition coefficient (Wildman–Crippen LogP) is 2.71. The highest BCUT2D eigenvalue weighted by Gasteiger charge is 2.42. The normalized spacial score (nSPS) is 22.5. The first-order valence-corrected chi connectivity index (χ1v) is 12.6. The fraction of sp³-hybridized carbons (Fsp3) is 0.556. The minimum atomic E-state index is -0.0688. The van der Waals surface area contributed by atoms with Gasteiger partial charge in [0, 0.05) is 51.3 Å². The minimum Gasteiger partial charge on any atom is -0.375 e. The van der Waals surface area contributed by atoms with Crippen molar-refractivity contribution in [3.05, 3.63) is 41.6 Å². The molecule has 35 heavy (non-hydrogen) atoms. The molecule has 1 aromatic rings. The number of carbonyl (C=O) groups is 2. The fourth-order valence-corrected chi connectivity index (χ4v) is 5.42. The Bertz CT molecular complexity index is 1100. The summed E-state index contributed by atoms with van der Waals surface area (Å²) in [6.07, 6.45) is 8.78. The number of hydrogen-bond donors (Lipinski definition) is 0. The number of rotatable bonds is 7. The summed E-state index contributed by atoms with van der Waals surface area (Å²) in [4.78, 5) is 36.0. The fourth-order valence-electron chi connectivity index (χ4n) is 5.42. The maximum absolute atomic E-state index is 12.6. The third kappa shape index (κ3) is 4.83. The lowest BCUT2D eigenvalue weighted by molar-refractivity contribution is -0.138. The number of anilines is 1. The van der Waals surface area contributed by atoms with E-state index in [0.717, 1.165) is 54.8 Å². The van der Waals surface area contributed by atoms with Crippen LogP contribution in [0.1, 0.15) is 54.8 Å². The molecule has 1 aromatic heterocycles. The lowest BCUT2D eigenvalue weighted by Crippen LogP contribution is -2.57. The van der Waals surface area contributed by atoms with Crippen LogP contribution >= 0.6 is 0 Å². The summed E-state index contributed by atoms with van der Waals surface area (Å²) in [5, 5.41) is 10.1. The van der Waals surface area contributed by atoms with E-state index in [-0.39, 0.29) is 24.5 Å². The van der Waals surface area contributed by atoms with Crippen LogP contribution < -0.4 is 4.90 Å². The molecule has 1 atom stereocenters. The molecular weight excluding hydrogens is 442 g/mol. The molecule has 0 spiro atoms. The quantitative estimate of drug-likeness (QED) is 0.564. The highest BCUT2D eigenvalue weighted by atomic mass is 16.5. The summed E-state index contributed by atoms with van der Waals surface area (Å²) < 4.78 is 5.11. The van der Waals surface area contributed by atoms with E-state index in [2.05, 4.69) is 23.6 Å². The SMILES string of the molecule is C=CC(=O)N1CCC=C(c2cc(C#N)c(N3CCN(C(=O)COC)[C@H](C4CC4)C3)nc2C2CC2)C1. The van der Waals surface area contributed by atoms with Gasteiger partial charge in [0.2, 0.25) is 11.8 Å². The lowest BCUT2D eigenvalue weighted by atomic mass is 9.95. The molecule has 3 fully saturated rings. The number of aromatic nitrogens is 1. The second kappa shape index (κ2) is 9.82. The molecule has 0 N–H and O–H groups in total. The molecule has 0 aromatic carbocycles. The Hall–Kier alpha value is -3.18. The Morgan fingerprint density at radius 2 is 2.06 bits per heavy atom. The van der Waals surface area contributed by atoms with E-state index in [1.165, 1.54) is 6.08 Å². The van der Waals surface area contributed by atoms with Gasteiger partial charge in [-0.15, -0.1) is 0 Å². The maximum atomic E-state index is 12.6. The number of methoxy groups -OCH3 is 1. The molecular formula is C27H33N5O3. The molecule has 2 aliphatic carbocycles. The van der Waals surface area contributed by atoms with Crippen LogP contribution in [0.5, 0.6) is 0 Å². The minimum absolute atomic E-state index is 0.0365. The van der Waals surface area contributed by atoms with E-state index in [0.29, 0.717) is 50.1 Å². The number of amides is 2. The molecule has 2 saturated carbocycles. The summed E-state index contributed by atoms with van der Waals surface area (Å²) in [5.41, 5.74) is 3.67. The third-order valence-electron chi connectivity index (χ3n) is 7.57. The molecule has 184 valence electrons. The number of pyridine rings is 1. The van der Waals surface area contributed by atoms with Gasteiger partial charge in [-0.05, 0) is 55.7 Å². The highest BCUT2D eigenvalue weighted by molar-refractivity contribution is 5.89. The average Bonchev–Trinajstić information content (AvgIpc) is 3.80. The van der Waals surface area contributed by atoms with E-state index < -0.39 is 0 Å². The number of carbonyl (C=O) groups excluding carboxylic acids is 2. The topological polar surface area (TPSA) is 89.8 Å². The van der Waals surface area contributed by atoms with Crippen molar-refractivity contribution < 1.29 is 14.3 Å². The van der Waals surface area contributed by atoms with Crippen LogP contribution in [0.2, 0.25) is 0 Å². The third-order valence-corrected chi connectivity index (χ3v) is 7.57. The molecule has 2 aliphatic heterocycles. The van der Waals surface area contributed by atoms with Gasteiger partial charge < -0.3 is 19.4 Å². The van der Waals surface area contributed by atoms with Gasteiger partial charge in [-0.25, -0.2) is 4.98 Å². The van der Waals surface area contributed by atoms with E-state index >= 15 is 0 Å². The molecule has 1 saturated heterocycles. The summed E-state index contributed by atoms with van der Waals surface area (Å²) >= 11 is 0. The molecule has 4 aliphatic rings. The van der Waals surface area contributed by atoms with Crippen molar-refractivity contribution in [3.63, 3.8) is 0 Å². The van der Waals surface area contributed by atoms with E-state index in [9.17, 15) is 14.9 Å². The van der Waals surface area contributed by atoms with E-state index in [4.69, 9.17) is 9.72 Å². The number of piperazine rings is 1. The van der Waals surface area contributed by atoms with Gasteiger partial charge >= 0.3 is 0 Å². The largest absolute Gasteiger partial charge is 0.375 e. The van der Waals surface area contributed by atoms with E-state index in [1.807, 2.05) is 11.0 Å². The number of nitrogens with zero attached hydrogens (tertiary/aromatic N) is 5. The Morgan fingerprint density at radius 3 is 2.71 bits per heavy atom.